The number of benzene rings is 1. The molecule has 0 bridgehead atoms. The molecular weight excluding hydrogens is 240 g/mol. The third-order valence-corrected chi connectivity index (χ3v) is 3.65. The number of primary amides is 1. The van der Waals surface area contributed by atoms with Crippen molar-refractivity contribution in [2.45, 2.75) is 38.8 Å². The summed E-state index contributed by atoms with van der Waals surface area (Å²) in [6, 6.07) is 7.55. The van der Waals surface area contributed by atoms with E-state index in [2.05, 4.69) is 13.8 Å². The summed E-state index contributed by atoms with van der Waals surface area (Å²) in [5, 5.41) is 0. The van der Waals surface area contributed by atoms with E-state index < -0.39 is 5.91 Å². The fourth-order valence-electron chi connectivity index (χ4n) is 2.63. The molecule has 2 unspecified atom stereocenters. The topological polar surface area (TPSA) is 63.4 Å². The van der Waals surface area contributed by atoms with Crippen LogP contribution >= 0.6 is 0 Å². The minimum atomic E-state index is -0.485. The van der Waals surface area contributed by atoms with Crippen LogP contribution in [-0.2, 0) is 4.79 Å². The maximum atomic E-state index is 12.4. The van der Waals surface area contributed by atoms with Crippen LogP contribution in [0.4, 0.5) is 0 Å². The van der Waals surface area contributed by atoms with E-state index in [9.17, 15) is 9.59 Å². The van der Waals surface area contributed by atoms with Gasteiger partial charge >= 0.3 is 0 Å². The van der Waals surface area contributed by atoms with E-state index in [0.717, 1.165) is 12.8 Å². The van der Waals surface area contributed by atoms with Crippen LogP contribution in [-0.4, -0.2) is 28.8 Å². The molecule has 19 heavy (non-hydrogen) atoms. The number of nitrogens with two attached hydrogens (primary N) is 1. The standard InChI is InChI=1S/C15H19N2O2/c1-10-3-4-11(2)17(10)15(19)13-7-5-12(6-8-13)9-14(16)18/h5-11H,3-4H2,1-2H3,(H2,16,18). The van der Waals surface area contributed by atoms with Crippen LogP contribution in [0.1, 0.15) is 42.6 Å². The molecule has 1 aromatic rings. The maximum Gasteiger partial charge on any atom is 0.254 e. The van der Waals surface area contributed by atoms with E-state index in [4.69, 9.17) is 5.73 Å². The zero-order valence-corrected chi connectivity index (χ0v) is 11.3. The zero-order valence-electron chi connectivity index (χ0n) is 11.3. The van der Waals surface area contributed by atoms with E-state index in [1.165, 1.54) is 6.42 Å². The van der Waals surface area contributed by atoms with Crippen molar-refractivity contribution in [1.29, 1.82) is 0 Å². The second-order valence-electron chi connectivity index (χ2n) is 5.16. The van der Waals surface area contributed by atoms with Gasteiger partial charge in [0.25, 0.3) is 5.91 Å². The predicted octanol–water partition coefficient (Wildman–Crippen LogP) is 1.74. The number of amides is 2. The molecule has 2 atom stereocenters. The molecule has 2 amide bonds. The van der Waals surface area contributed by atoms with Gasteiger partial charge in [0.1, 0.15) is 0 Å². The fourth-order valence-corrected chi connectivity index (χ4v) is 2.63. The summed E-state index contributed by atoms with van der Waals surface area (Å²) in [4.78, 5) is 25.1. The van der Waals surface area contributed by atoms with Crippen molar-refractivity contribution in [3.8, 4) is 0 Å². The van der Waals surface area contributed by atoms with Crippen molar-refractivity contribution < 1.29 is 9.59 Å². The van der Waals surface area contributed by atoms with Crippen molar-refractivity contribution in [1.82, 2.24) is 4.90 Å². The molecule has 1 saturated heterocycles. The van der Waals surface area contributed by atoms with Gasteiger partial charge in [0, 0.05) is 17.6 Å². The van der Waals surface area contributed by atoms with Gasteiger partial charge in [0.05, 0.1) is 6.42 Å². The van der Waals surface area contributed by atoms with Gasteiger partial charge in [-0.2, -0.15) is 0 Å². The van der Waals surface area contributed by atoms with E-state index in [0.29, 0.717) is 23.2 Å². The average Bonchev–Trinajstić information content (AvgIpc) is 2.68. The zero-order chi connectivity index (χ0) is 14.0. The quantitative estimate of drug-likeness (QED) is 0.898. The molecule has 1 heterocycles. The van der Waals surface area contributed by atoms with Gasteiger partial charge in [-0.25, -0.2) is 0 Å². The molecule has 0 aliphatic carbocycles. The average molecular weight is 259 g/mol. The van der Waals surface area contributed by atoms with Gasteiger partial charge in [-0.3, -0.25) is 9.59 Å². The van der Waals surface area contributed by atoms with Gasteiger partial charge in [0.15, 0.2) is 0 Å². The monoisotopic (exact) mass is 259 g/mol. The van der Waals surface area contributed by atoms with Crippen molar-refractivity contribution in [3.63, 3.8) is 0 Å². The Hall–Kier alpha value is -1.84. The molecule has 1 radical (unpaired) electrons. The Morgan fingerprint density at radius 3 is 2.16 bits per heavy atom. The van der Waals surface area contributed by atoms with Crippen LogP contribution in [0.25, 0.3) is 0 Å². The lowest BCUT2D eigenvalue weighted by molar-refractivity contribution is -0.114. The lowest BCUT2D eigenvalue weighted by Gasteiger charge is -2.26. The van der Waals surface area contributed by atoms with Crippen molar-refractivity contribution in [3.05, 3.63) is 41.8 Å². The van der Waals surface area contributed by atoms with Gasteiger partial charge in [-0.15, -0.1) is 0 Å². The highest BCUT2D eigenvalue weighted by molar-refractivity contribution is 5.95. The first kappa shape index (κ1) is 13.6. The first-order valence-corrected chi connectivity index (χ1v) is 6.56. The summed E-state index contributed by atoms with van der Waals surface area (Å²) < 4.78 is 0. The molecule has 0 aromatic heterocycles. The number of carbonyl (C=O) groups is 2. The van der Waals surface area contributed by atoms with E-state index in [-0.39, 0.29) is 5.91 Å². The summed E-state index contributed by atoms with van der Waals surface area (Å²) >= 11 is 0. The number of rotatable bonds is 3. The minimum absolute atomic E-state index is 0.0584. The predicted molar refractivity (Wildman–Crippen MR) is 73.4 cm³/mol. The Bertz CT molecular complexity index is 471. The molecule has 0 saturated carbocycles. The normalized spacial score (nSPS) is 22.5. The van der Waals surface area contributed by atoms with Gasteiger partial charge in [-0.1, -0.05) is 12.1 Å². The first-order chi connectivity index (χ1) is 8.99. The summed E-state index contributed by atoms with van der Waals surface area (Å²) in [5.41, 5.74) is 6.46. The number of carbonyl (C=O) groups excluding carboxylic acids is 2. The van der Waals surface area contributed by atoms with Crippen molar-refractivity contribution >= 4 is 11.8 Å². The Morgan fingerprint density at radius 2 is 1.68 bits per heavy atom. The van der Waals surface area contributed by atoms with Crippen LogP contribution in [0, 0.1) is 6.42 Å². The molecule has 4 heteroatoms. The van der Waals surface area contributed by atoms with E-state index in [1.54, 1.807) is 24.3 Å². The summed E-state index contributed by atoms with van der Waals surface area (Å²) in [7, 11) is 0. The largest absolute Gasteiger partial charge is 0.369 e. The number of likely N-dealkylation sites (tertiary alicyclic amines) is 1. The summed E-state index contributed by atoms with van der Waals surface area (Å²) in [6.45, 7) is 4.16. The Kier molecular flexibility index (Phi) is 3.88. The van der Waals surface area contributed by atoms with Crippen LogP contribution in [0.2, 0.25) is 0 Å². The molecule has 2 N–H and O–H groups in total. The molecular formula is C15H19N2O2. The molecule has 1 aliphatic heterocycles. The molecule has 0 spiro atoms. The minimum Gasteiger partial charge on any atom is -0.369 e. The molecule has 1 aliphatic rings. The molecule has 1 aromatic carbocycles. The van der Waals surface area contributed by atoms with Crippen LogP contribution in [0.15, 0.2) is 24.3 Å². The van der Waals surface area contributed by atoms with Crippen LogP contribution in [0.3, 0.4) is 0 Å². The van der Waals surface area contributed by atoms with Crippen molar-refractivity contribution in [2.75, 3.05) is 0 Å². The molecule has 101 valence electrons. The highest BCUT2D eigenvalue weighted by Gasteiger charge is 2.31. The highest BCUT2D eigenvalue weighted by Crippen LogP contribution is 2.25. The lowest BCUT2D eigenvalue weighted by atomic mass is 10.1. The SMILES string of the molecule is CC1CCC(C)N1C(=O)c1ccc([CH]C(N)=O)cc1. The first-order valence-electron chi connectivity index (χ1n) is 6.56. The highest BCUT2D eigenvalue weighted by atomic mass is 16.2. The molecule has 1 fully saturated rings. The number of hydrogen-bond acceptors (Lipinski definition) is 2. The Balaban J connectivity index is 2.13. The van der Waals surface area contributed by atoms with Gasteiger partial charge in [0.2, 0.25) is 5.91 Å². The second-order valence-corrected chi connectivity index (χ2v) is 5.16. The number of hydrogen-bond donors (Lipinski definition) is 1. The molecule has 2 rings (SSSR count). The van der Waals surface area contributed by atoms with Gasteiger partial charge < -0.3 is 10.6 Å². The Morgan fingerprint density at radius 1 is 1.16 bits per heavy atom. The lowest BCUT2D eigenvalue weighted by Crippen LogP contribution is -2.38. The summed E-state index contributed by atoms with van der Waals surface area (Å²) in [5.74, 6) is -0.427. The second kappa shape index (κ2) is 5.43. The summed E-state index contributed by atoms with van der Waals surface area (Å²) in [6.07, 6.45) is 3.45. The maximum absolute atomic E-state index is 12.4. The molecule has 4 nitrogen and oxygen atoms in total. The van der Waals surface area contributed by atoms with Crippen LogP contribution in [0.5, 0.6) is 0 Å². The Labute approximate surface area is 113 Å². The smallest absolute Gasteiger partial charge is 0.254 e. The van der Waals surface area contributed by atoms with E-state index >= 15 is 0 Å². The number of nitrogens with zero attached hydrogens (tertiary/aromatic N) is 1. The van der Waals surface area contributed by atoms with Crippen LogP contribution < -0.4 is 5.73 Å². The van der Waals surface area contributed by atoms with Gasteiger partial charge in [-0.05, 0) is 44.4 Å². The van der Waals surface area contributed by atoms with E-state index in [1.807, 2.05) is 4.90 Å². The third-order valence-electron chi connectivity index (χ3n) is 3.65. The van der Waals surface area contributed by atoms with Crippen molar-refractivity contribution in [2.24, 2.45) is 5.73 Å². The fraction of sp³-hybridized carbons (Fsp3) is 0.400. The third kappa shape index (κ3) is 2.95.